The van der Waals surface area contributed by atoms with Gasteiger partial charge in [-0.2, -0.15) is 0 Å². The van der Waals surface area contributed by atoms with Crippen LogP contribution in [0.5, 0.6) is 0 Å². The van der Waals surface area contributed by atoms with E-state index in [0.717, 1.165) is 51.9 Å². The number of rotatable bonds is 2. The Kier molecular flexibility index (Phi) is 3.89. The molecule has 3 fully saturated rings. The summed E-state index contributed by atoms with van der Waals surface area (Å²) in [5.74, 6) is 0. The topological polar surface area (TPSA) is 50.7 Å². The maximum Gasteiger partial charge on any atom is 0.0951 e. The summed E-state index contributed by atoms with van der Waals surface area (Å²) < 4.78 is 11.4. The summed E-state index contributed by atoms with van der Waals surface area (Å²) in [5, 5.41) is 13.7. The van der Waals surface area contributed by atoms with E-state index in [0.29, 0.717) is 12.1 Å². The van der Waals surface area contributed by atoms with Gasteiger partial charge in [-0.3, -0.25) is 0 Å². The molecule has 1 saturated carbocycles. The molecule has 0 amide bonds. The molecule has 0 radical (unpaired) electrons. The highest BCUT2D eigenvalue weighted by Crippen LogP contribution is 2.33. The molecule has 2 heterocycles. The van der Waals surface area contributed by atoms with Gasteiger partial charge in [-0.1, -0.05) is 12.8 Å². The molecule has 1 aliphatic carbocycles. The Hall–Kier alpha value is -0.160. The summed E-state index contributed by atoms with van der Waals surface area (Å²) in [6, 6.07) is 0.777. The monoisotopic (exact) mass is 255 g/mol. The van der Waals surface area contributed by atoms with Crippen molar-refractivity contribution < 1.29 is 14.6 Å². The SMILES string of the molecule is OC1CCCCC1NC1CCOC2(CCOC2)C1. The molecule has 4 atom stereocenters. The van der Waals surface area contributed by atoms with Crippen molar-refractivity contribution in [2.75, 3.05) is 19.8 Å². The average Bonchev–Trinajstić information content (AvgIpc) is 2.80. The minimum atomic E-state index is -0.155. The van der Waals surface area contributed by atoms with E-state index < -0.39 is 0 Å². The molecule has 2 N–H and O–H groups in total. The van der Waals surface area contributed by atoms with Crippen LogP contribution in [0, 0.1) is 0 Å². The molecule has 0 aromatic carbocycles. The van der Waals surface area contributed by atoms with E-state index >= 15 is 0 Å². The minimum Gasteiger partial charge on any atom is -0.392 e. The van der Waals surface area contributed by atoms with E-state index in [1.165, 1.54) is 12.8 Å². The minimum absolute atomic E-state index is 0.0322. The van der Waals surface area contributed by atoms with Gasteiger partial charge in [-0.15, -0.1) is 0 Å². The van der Waals surface area contributed by atoms with E-state index in [2.05, 4.69) is 5.32 Å². The molecular weight excluding hydrogens is 230 g/mol. The van der Waals surface area contributed by atoms with E-state index in [9.17, 15) is 5.11 Å². The van der Waals surface area contributed by atoms with Crippen molar-refractivity contribution >= 4 is 0 Å². The molecule has 18 heavy (non-hydrogen) atoms. The zero-order chi connectivity index (χ0) is 12.4. The van der Waals surface area contributed by atoms with Gasteiger partial charge >= 0.3 is 0 Å². The first kappa shape index (κ1) is 12.9. The number of aliphatic hydroxyl groups is 1. The lowest BCUT2D eigenvalue weighted by atomic mass is 9.87. The summed E-state index contributed by atoms with van der Waals surface area (Å²) in [6.07, 6.45) is 7.45. The van der Waals surface area contributed by atoms with Crippen LogP contribution in [-0.2, 0) is 9.47 Å². The van der Waals surface area contributed by atoms with Crippen molar-refractivity contribution in [1.82, 2.24) is 5.32 Å². The van der Waals surface area contributed by atoms with Crippen molar-refractivity contribution in [1.29, 1.82) is 0 Å². The predicted octanol–water partition coefficient (Wildman–Crippen LogP) is 1.22. The molecule has 2 aliphatic heterocycles. The van der Waals surface area contributed by atoms with E-state index in [1.807, 2.05) is 0 Å². The van der Waals surface area contributed by atoms with Crippen molar-refractivity contribution in [2.24, 2.45) is 0 Å². The zero-order valence-electron chi connectivity index (χ0n) is 11.1. The maximum absolute atomic E-state index is 10.0. The molecule has 2 saturated heterocycles. The van der Waals surface area contributed by atoms with Gasteiger partial charge in [0.15, 0.2) is 0 Å². The second-order valence-corrected chi connectivity index (χ2v) is 6.15. The van der Waals surface area contributed by atoms with Crippen LogP contribution in [0.3, 0.4) is 0 Å². The lowest BCUT2D eigenvalue weighted by molar-refractivity contribution is -0.0925. The number of aliphatic hydroxyl groups excluding tert-OH is 1. The molecule has 4 heteroatoms. The fourth-order valence-corrected chi connectivity index (χ4v) is 3.64. The Bertz CT molecular complexity index is 278. The third kappa shape index (κ3) is 2.72. The highest BCUT2D eigenvalue weighted by Gasteiger charge is 2.41. The largest absolute Gasteiger partial charge is 0.392 e. The smallest absolute Gasteiger partial charge is 0.0951 e. The summed E-state index contributed by atoms with van der Waals surface area (Å²) >= 11 is 0. The maximum atomic E-state index is 10.0. The van der Waals surface area contributed by atoms with Crippen LogP contribution >= 0.6 is 0 Å². The van der Waals surface area contributed by atoms with Crippen LogP contribution in [0.4, 0.5) is 0 Å². The highest BCUT2D eigenvalue weighted by molar-refractivity contribution is 4.94. The van der Waals surface area contributed by atoms with Crippen LogP contribution in [0.15, 0.2) is 0 Å². The Balaban J connectivity index is 1.55. The van der Waals surface area contributed by atoms with Gasteiger partial charge in [0.2, 0.25) is 0 Å². The molecule has 1 spiro atoms. The molecule has 3 rings (SSSR count). The Morgan fingerprint density at radius 2 is 2.00 bits per heavy atom. The lowest BCUT2D eigenvalue weighted by Crippen LogP contribution is -2.53. The third-order valence-corrected chi connectivity index (χ3v) is 4.74. The Morgan fingerprint density at radius 1 is 1.11 bits per heavy atom. The van der Waals surface area contributed by atoms with Crippen LogP contribution in [0.2, 0.25) is 0 Å². The van der Waals surface area contributed by atoms with Gasteiger partial charge in [-0.25, -0.2) is 0 Å². The van der Waals surface area contributed by atoms with Crippen LogP contribution in [-0.4, -0.2) is 48.7 Å². The van der Waals surface area contributed by atoms with E-state index in [-0.39, 0.29) is 11.7 Å². The lowest BCUT2D eigenvalue weighted by Gasteiger charge is -2.40. The molecular formula is C14H25NO3. The van der Waals surface area contributed by atoms with Gasteiger partial charge in [0.1, 0.15) is 0 Å². The molecule has 104 valence electrons. The zero-order valence-corrected chi connectivity index (χ0v) is 11.1. The van der Waals surface area contributed by atoms with Gasteiger partial charge < -0.3 is 19.9 Å². The van der Waals surface area contributed by atoms with Gasteiger partial charge in [0.05, 0.1) is 18.3 Å². The van der Waals surface area contributed by atoms with Crippen LogP contribution < -0.4 is 5.32 Å². The number of ether oxygens (including phenoxy) is 2. The standard InChI is InChI=1S/C14H25NO3/c16-13-4-2-1-3-12(13)15-11-5-7-18-14(9-11)6-8-17-10-14/h11-13,15-16H,1-10H2. The summed E-state index contributed by atoms with van der Waals surface area (Å²) in [6.45, 7) is 2.40. The van der Waals surface area contributed by atoms with Crippen molar-refractivity contribution in [3.8, 4) is 0 Å². The quantitative estimate of drug-likeness (QED) is 0.779. The number of nitrogens with one attached hydrogen (secondary N) is 1. The van der Waals surface area contributed by atoms with Gasteiger partial charge in [-0.05, 0) is 25.7 Å². The average molecular weight is 255 g/mol. The van der Waals surface area contributed by atoms with E-state index in [1.54, 1.807) is 0 Å². The summed E-state index contributed by atoms with van der Waals surface area (Å²) in [5.41, 5.74) is -0.0322. The van der Waals surface area contributed by atoms with Crippen molar-refractivity contribution in [2.45, 2.75) is 68.7 Å². The number of hydrogen-bond acceptors (Lipinski definition) is 4. The fourth-order valence-electron chi connectivity index (χ4n) is 3.64. The molecule has 0 aromatic heterocycles. The highest BCUT2D eigenvalue weighted by atomic mass is 16.6. The summed E-state index contributed by atoms with van der Waals surface area (Å²) in [4.78, 5) is 0. The predicted molar refractivity (Wildman–Crippen MR) is 68.5 cm³/mol. The second-order valence-electron chi connectivity index (χ2n) is 6.15. The second kappa shape index (κ2) is 5.45. The molecule has 3 aliphatic rings. The van der Waals surface area contributed by atoms with Gasteiger partial charge in [0.25, 0.3) is 0 Å². The third-order valence-electron chi connectivity index (χ3n) is 4.74. The van der Waals surface area contributed by atoms with Crippen LogP contribution in [0.1, 0.15) is 44.9 Å². The molecule has 0 aromatic rings. The summed E-state index contributed by atoms with van der Waals surface area (Å²) in [7, 11) is 0. The normalized spacial score (nSPS) is 45.5. The van der Waals surface area contributed by atoms with Crippen LogP contribution in [0.25, 0.3) is 0 Å². The molecule has 4 nitrogen and oxygen atoms in total. The first-order chi connectivity index (χ1) is 8.77. The van der Waals surface area contributed by atoms with Crippen molar-refractivity contribution in [3.05, 3.63) is 0 Å². The van der Waals surface area contributed by atoms with Crippen molar-refractivity contribution in [3.63, 3.8) is 0 Å². The first-order valence-electron chi connectivity index (χ1n) is 7.43. The number of hydrogen-bond donors (Lipinski definition) is 2. The van der Waals surface area contributed by atoms with E-state index in [4.69, 9.17) is 9.47 Å². The molecule has 4 unspecified atom stereocenters. The first-order valence-corrected chi connectivity index (χ1v) is 7.43. The Labute approximate surface area is 109 Å². The Morgan fingerprint density at radius 3 is 2.78 bits per heavy atom. The van der Waals surface area contributed by atoms with Gasteiger partial charge in [0, 0.05) is 31.7 Å². The molecule has 0 bridgehead atoms. The fraction of sp³-hybridized carbons (Fsp3) is 1.00.